The minimum Gasteiger partial charge on any atom is -0.488 e. The van der Waals surface area contributed by atoms with Gasteiger partial charge in [0.15, 0.2) is 0 Å². The zero-order chi connectivity index (χ0) is 27.1. The summed E-state index contributed by atoms with van der Waals surface area (Å²) in [5.74, 6) is -0.350. The van der Waals surface area contributed by atoms with Crippen LogP contribution in [-0.4, -0.2) is 41.7 Å². The van der Waals surface area contributed by atoms with Crippen LogP contribution in [0.5, 0.6) is 0 Å². The molecule has 200 valence electrons. The third kappa shape index (κ3) is 5.05. The molecule has 3 heterocycles. The van der Waals surface area contributed by atoms with Crippen LogP contribution in [0.4, 0.5) is 18.9 Å². The highest BCUT2D eigenvalue weighted by Crippen LogP contribution is 2.41. The summed E-state index contributed by atoms with van der Waals surface area (Å²) in [4.78, 5) is 28.9. The highest BCUT2D eigenvalue weighted by atomic mass is 19.4. The molecule has 3 aliphatic rings. The van der Waals surface area contributed by atoms with Gasteiger partial charge in [-0.1, -0.05) is 12.1 Å². The molecule has 38 heavy (non-hydrogen) atoms. The number of allylic oxidation sites excluding steroid dienone is 2. The predicted molar refractivity (Wildman–Crippen MR) is 134 cm³/mol. The Bertz CT molecular complexity index is 1330. The summed E-state index contributed by atoms with van der Waals surface area (Å²) in [6.07, 6.45) is 2.04. The smallest absolute Gasteiger partial charge is 0.433 e. The predicted octanol–water partition coefficient (Wildman–Crippen LogP) is 5.03. The molecule has 10 heteroatoms. The van der Waals surface area contributed by atoms with Crippen molar-refractivity contribution in [2.24, 2.45) is 5.92 Å². The molecule has 2 unspecified atom stereocenters. The van der Waals surface area contributed by atoms with Gasteiger partial charge in [0.25, 0.3) is 5.91 Å². The van der Waals surface area contributed by atoms with Gasteiger partial charge in [0.1, 0.15) is 17.1 Å². The van der Waals surface area contributed by atoms with Gasteiger partial charge in [-0.25, -0.2) is 0 Å². The molecule has 0 saturated carbocycles. The number of alkyl halides is 3. The van der Waals surface area contributed by atoms with E-state index in [9.17, 15) is 22.8 Å². The van der Waals surface area contributed by atoms with Crippen molar-refractivity contribution in [3.05, 3.63) is 76.8 Å². The number of hydrogen-bond donors (Lipinski definition) is 2. The largest absolute Gasteiger partial charge is 0.488 e. The first-order valence-electron chi connectivity index (χ1n) is 12.5. The van der Waals surface area contributed by atoms with Crippen LogP contribution in [0.25, 0.3) is 5.57 Å². The topological polar surface area (TPSA) is 89.6 Å². The minimum absolute atomic E-state index is 0.0390. The fourth-order valence-corrected chi connectivity index (χ4v) is 5.14. The second-order valence-corrected chi connectivity index (χ2v) is 9.92. The van der Waals surface area contributed by atoms with Gasteiger partial charge < -0.3 is 20.1 Å². The number of amides is 2. The van der Waals surface area contributed by atoms with E-state index >= 15 is 0 Å². The Hall–Kier alpha value is -3.66. The van der Waals surface area contributed by atoms with Crippen LogP contribution >= 0.6 is 0 Å². The Kier molecular flexibility index (Phi) is 6.77. The van der Waals surface area contributed by atoms with Crippen LogP contribution in [0, 0.1) is 12.8 Å². The number of benzene rings is 1. The van der Waals surface area contributed by atoms with Gasteiger partial charge in [0.05, 0.1) is 25.2 Å². The van der Waals surface area contributed by atoms with Crippen molar-refractivity contribution >= 4 is 23.1 Å². The van der Waals surface area contributed by atoms with Crippen molar-refractivity contribution in [3.63, 3.8) is 0 Å². The summed E-state index contributed by atoms with van der Waals surface area (Å²) in [5.41, 5.74) is 1.19. The van der Waals surface area contributed by atoms with E-state index in [2.05, 4.69) is 15.6 Å². The van der Waals surface area contributed by atoms with Crippen LogP contribution < -0.4 is 10.6 Å². The van der Waals surface area contributed by atoms with Gasteiger partial charge in [-0.15, -0.1) is 0 Å². The van der Waals surface area contributed by atoms with E-state index in [0.717, 1.165) is 29.0 Å². The molecule has 7 nitrogen and oxygen atoms in total. The summed E-state index contributed by atoms with van der Waals surface area (Å²) < 4.78 is 51.2. The number of carbonyl (C=O) groups excluding carboxylic acids is 2. The molecule has 2 aromatic rings. The number of carbonyl (C=O) groups is 2. The first kappa shape index (κ1) is 26.0. The molecule has 2 N–H and O–H groups in total. The summed E-state index contributed by atoms with van der Waals surface area (Å²) >= 11 is 0. The van der Waals surface area contributed by atoms with E-state index in [-0.39, 0.29) is 23.4 Å². The average molecular weight is 528 g/mol. The number of rotatable bonds is 3. The molecular weight excluding hydrogens is 499 g/mol. The Labute approximate surface area is 218 Å². The monoisotopic (exact) mass is 527 g/mol. The van der Waals surface area contributed by atoms with Crippen molar-refractivity contribution in [3.8, 4) is 0 Å². The molecule has 5 rings (SSSR count). The molecule has 2 saturated heterocycles. The van der Waals surface area contributed by atoms with Crippen molar-refractivity contribution in [1.82, 2.24) is 10.3 Å². The Balaban J connectivity index is 1.40. The molecule has 2 aliphatic heterocycles. The SMILES string of the molecule is Cc1ccc(NC(=O)c2ccnc(C(F)(F)F)c2)cc1C1=CCC2NC(=O)C(C)C3(CCOCC3)OC2=C1. The van der Waals surface area contributed by atoms with E-state index in [4.69, 9.17) is 9.47 Å². The third-order valence-electron chi connectivity index (χ3n) is 7.49. The normalized spacial score (nSPS) is 22.8. The second kappa shape index (κ2) is 9.90. The Morgan fingerprint density at radius 2 is 1.95 bits per heavy atom. The molecule has 1 aromatic carbocycles. The molecule has 0 bridgehead atoms. The standard InChI is InChI=1S/C28H28F3N3O4/c1-16-3-5-20(33-26(36)19-7-10-32-24(14-19)28(29,30)31)15-21(16)18-4-6-22-23(13-18)38-27(8-11-37-12-9-27)17(2)25(35)34-22/h3-5,7,10,13-15,17,22H,6,8-9,11-12H2,1-2H3,(H,33,36)(H,34,35). The summed E-state index contributed by atoms with van der Waals surface area (Å²) in [6, 6.07) is 7.01. The van der Waals surface area contributed by atoms with Gasteiger partial charge in [0.2, 0.25) is 5.91 Å². The number of aromatic nitrogens is 1. The van der Waals surface area contributed by atoms with E-state index in [1.165, 1.54) is 6.07 Å². The molecular formula is C28H28F3N3O4. The van der Waals surface area contributed by atoms with Crippen molar-refractivity contribution < 1.29 is 32.2 Å². The maximum absolute atomic E-state index is 13.0. The molecule has 0 radical (unpaired) electrons. The van der Waals surface area contributed by atoms with E-state index in [1.54, 1.807) is 12.1 Å². The first-order chi connectivity index (χ1) is 18.1. The van der Waals surface area contributed by atoms with Crippen LogP contribution in [0.3, 0.4) is 0 Å². The molecule has 2 amide bonds. The zero-order valence-electron chi connectivity index (χ0n) is 21.0. The number of pyridine rings is 1. The number of halogens is 3. The molecule has 2 fully saturated rings. The van der Waals surface area contributed by atoms with Gasteiger partial charge in [0, 0.05) is 30.3 Å². The maximum atomic E-state index is 13.0. The number of ether oxygens (including phenoxy) is 2. The van der Waals surface area contributed by atoms with Crippen LogP contribution in [0.15, 0.2) is 54.4 Å². The number of nitrogens with one attached hydrogen (secondary N) is 2. The summed E-state index contributed by atoms with van der Waals surface area (Å²) in [6.45, 7) is 4.88. The molecule has 1 aliphatic carbocycles. The summed E-state index contributed by atoms with van der Waals surface area (Å²) in [5, 5.41) is 5.78. The van der Waals surface area contributed by atoms with E-state index in [1.807, 2.05) is 32.1 Å². The lowest BCUT2D eigenvalue weighted by Gasteiger charge is -2.40. The number of hydrogen-bond acceptors (Lipinski definition) is 5. The number of fused-ring (bicyclic) bond motifs is 1. The first-order valence-corrected chi connectivity index (χ1v) is 12.5. The fourth-order valence-electron chi connectivity index (χ4n) is 5.14. The number of anilines is 1. The molecule has 1 spiro atoms. The summed E-state index contributed by atoms with van der Waals surface area (Å²) in [7, 11) is 0. The fraction of sp³-hybridized carbons (Fsp3) is 0.393. The third-order valence-corrected chi connectivity index (χ3v) is 7.49. The quantitative estimate of drug-likeness (QED) is 0.585. The lowest BCUT2D eigenvalue weighted by molar-refractivity contribution is -0.142. The Morgan fingerprint density at radius 3 is 2.68 bits per heavy atom. The lowest BCUT2D eigenvalue weighted by Crippen LogP contribution is -2.48. The molecule has 1 aromatic heterocycles. The van der Waals surface area contributed by atoms with Gasteiger partial charge in [-0.05, 0) is 67.3 Å². The van der Waals surface area contributed by atoms with Gasteiger partial charge in [-0.2, -0.15) is 13.2 Å². The number of aryl methyl sites for hydroxylation is 1. The van der Waals surface area contributed by atoms with Gasteiger partial charge in [-0.3, -0.25) is 14.6 Å². The molecule has 2 atom stereocenters. The van der Waals surface area contributed by atoms with E-state index < -0.39 is 23.4 Å². The highest BCUT2D eigenvalue weighted by molar-refractivity contribution is 6.04. The van der Waals surface area contributed by atoms with Gasteiger partial charge >= 0.3 is 6.18 Å². The zero-order valence-corrected chi connectivity index (χ0v) is 21.0. The van der Waals surface area contributed by atoms with Crippen LogP contribution in [0.1, 0.15) is 53.4 Å². The average Bonchev–Trinajstić information content (AvgIpc) is 2.99. The minimum atomic E-state index is -4.65. The second-order valence-electron chi connectivity index (χ2n) is 9.92. The van der Waals surface area contributed by atoms with Crippen LogP contribution in [0.2, 0.25) is 0 Å². The highest BCUT2D eigenvalue weighted by Gasteiger charge is 2.48. The lowest BCUT2D eigenvalue weighted by atomic mass is 9.81. The van der Waals surface area contributed by atoms with Crippen molar-refractivity contribution in [2.45, 2.75) is 50.9 Å². The Morgan fingerprint density at radius 1 is 1.18 bits per heavy atom. The number of nitrogens with zero attached hydrogens (tertiary/aromatic N) is 1. The van der Waals surface area contributed by atoms with E-state index in [0.29, 0.717) is 43.9 Å². The van der Waals surface area contributed by atoms with Crippen molar-refractivity contribution in [2.75, 3.05) is 18.5 Å². The van der Waals surface area contributed by atoms with Crippen molar-refractivity contribution in [1.29, 1.82) is 0 Å². The van der Waals surface area contributed by atoms with Crippen LogP contribution in [-0.2, 0) is 20.4 Å². The maximum Gasteiger partial charge on any atom is 0.433 e.